The smallest absolute Gasteiger partial charge is 0.225 e. The molecule has 2 aliphatic rings. The van der Waals surface area contributed by atoms with E-state index in [1.54, 1.807) is 0 Å². The van der Waals surface area contributed by atoms with Crippen molar-refractivity contribution in [3.8, 4) is 0 Å². The highest BCUT2D eigenvalue weighted by atomic mass is 15.2. The van der Waals surface area contributed by atoms with Crippen LogP contribution in [0.25, 0.3) is 0 Å². The Kier molecular flexibility index (Phi) is 3.97. The van der Waals surface area contributed by atoms with E-state index in [2.05, 4.69) is 27.2 Å². The molecule has 1 N–H and O–H groups in total. The van der Waals surface area contributed by atoms with Crippen LogP contribution in [0.4, 0.5) is 5.95 Å². The maximum atomic E-state index is 4.55. The molecule has 0 aromatic carbocycles. The first-order valence-electron chi connectivity index (χ1n) is 7.57. The lowest BCUT2D eigenvalue weighted by atomic mass is 9.81. The summed E-state index contributed by atoms with van der Waals surface area (Å²) in [4.78, 5) is 11.3. The predicted molar refractivity (Wildman–Crippen MR) is 77.5 cm³/mol. The van der Waals surface area contributed by atoms with Crippen LogP contribution in [-0.4, -0.2) is 36.6 Å². The van der Waals surface area contributed by atoms with Crippen molar-refractivity contribution >= 4 is 5.95 Å². The molecule has 1 saturated carbocycles. The van der Waals surface area contributed by atoms with Crippen LogP contribution in [-0.2, 0) is 0 Å². The van der Waals surface area contributed by atoms with E-state index in [4.69, 9.17) is 0 Å². The number of aromatic nitrogens is 2. The molecule has 4 heteroatoms. The van der Waals surface area contributed by atoms with Crippen molar-refractivity contribution in [3.63, 3.8) is 0 Å². The average molecular weight is 260 g/mol. The van der Waals surface area contributed by atoms with Crippen molar-refractivity contribution in [2.24, 2.45) is 5.92 Å². The monoisotopic (exact) mass is 260 g/mol. The van der Waals surface area contributed by atoms with Crippen molar-refractivity contribution in [2.75, 3.05) is 31.6 Å². The quantitative estimate of drug-likeness (QED) is 0.901. The molecule has 1 aromatic rings. The zero-order valence-corrected chi connectivity index (χ0v) is 11.8. The van der Waals surface area contributed by atoms with Gasteiger partial charge in [-0.25, -0.2) is 9.97 Å². The highest BCUT2D eigenvalue weighted by Crippen LogP contribution is 2.35. The third-order valence-electron chi connectivity index (χ3n) is 4.57. The number of nitrogens with zero attached hydrogens (tertiary/aromatic N) is 3. The number of rotatable bonds is 4. The minimum Gasteiger partial charge on any atom is -0.344 e. The van der Waals surface area contributed by atoms with Crippen LogP contribution in [0, 0.1) is 5.92 Å². The molecule has 1 aliphatic carbocycles. The van der Waals surface area contributed by atoms with Gasteiger partial charge in [-0.1, -0.05) is 6.42 Å². The Balaban J connectivity index is 1.57. The summed E-state index contributed by atoms with van der Waals surface area (Å²) >= 11 is 0. The van der Waals surface area contributed by atoms with Crippen LogP contribution < -0.4 is 10.2 Å². The first-order chi connectivity index (χ1) is 9.33. The zero-order chi connectivity index (χ0) is 13.1. The third kappa shape index (κ3) is 3.06. The summed E-state index contributed by atoms with van der Waals surface area (Å²) in [6, 6.07) is 0. The van der Waals surface area contributed by atoms with Gasteiger partial charge in [-0.3, -0.25) is 0 Å². The molecule has 2 fully saturated rings. The van der Waals surface area contributed by atoms with Crippen molar-refractivity contribution < 1.29 is 0 Å². The Bertz CT molecular complexity index is 393. The summed E-state index contributed by atoms with van der Waals surface area (Å²) in [5, 5.41) is 3.41. The molecule has 104 valence electrons. The van der Waals surface area contributed by atoms with Gasteiger partial charge in [0.25, 0.3) is 0 Å². The Labute approximate surface area is 115 Å². The fourth-order valence-electron chi connectivity index (χ4n) is 3.01. The van der Waals surface area contributed by atoms with Gasteiger partial charge in [0, 0.05) is 26.0 Å². The fourth-order valence-corrected chi connectivity index (χ4v) is 3.01. The first-order valence-corrected chi connectivity index (χ1v) is 7.57. The van der Waals surface area contributed by atoms with Crippen LogP contribution in [0.15, 0.2) is 12.4 Å². The lowest BCUT2D eigenvalue weighted by molar-refractivity contribution is 0.376. The summed E-state index contributed by atoms with van der Waals surface area (Å²) in [5.74, 6) is 2.38. The summed E-state index contributed by atoms with van der Waals surface area (Å²) in [7, 11) is 2.11. The molecule has 2 heterocycles. The van der Waals surface area contributed by atoms with Crippen molar-refractivity contribution in [3.05, 3.63) is 18.0 Å². The normalized spacial score (nSPS) is 21.1. The highest BCUT2D eigenvalue weighted by Gasteiger charge is 2.21. The van der Waals surface area contributed by atoms with Crippen molar-refractivity contribution in [1.82, 2.24) is 15.3 Å². The summed E-state index contributed by atoms with van der Waals surface area (Å²) in [6.45, 7) is 3.38. The second-order valence-corrected chi connectivity index (χ2v) is 6.02. The maximum Gasteiger partial charge on any atom is 0.225 e. The molecule has 0 spiro atoms. The third-order valence-corrected chi connectivity index (χ3v) is 4.57. The van der Waals surface area contributed by atoms with E-state index in [1.807, 2.05) is 12.4 Å². The topological polar surface area (TPSA) is 41.0 Å². The first kappa shape index (κ1) is 12.9. The number of piperidine rings is 1. The van der Waals surface area contributed by atoms with Crippen LogP contribution >= 0.6 is 0 Å². The van der Waals surface area contributed by atoms with E-state index in [-0.39, 0.29) is 0 Å². The standard InChI is InChI=1S/C15H24N4/c1-19(11-12-5-7-16-8-6-12)15-17-9-14(10-18-15)13-3-2-4-13/h9-10,12-13,16H,2-8,11H2,1H3. The fraction of sp³-hybridized carbons (Fsp3) is 0.733. The number of nitrogens with one attached hydrogen (secondary N) is 1. The van der Waals surface area contributed by atoms with Gasteiger partial charge in [0.2, 0.25) is 5.95 Å². The van der Waals surface area contributed by atoms with Gasteiger partial charge in [-0.2, -0.15) is 0 Å². The second kappa shape index (κ2) is 5.87. The van der Waals surface area contributed by atoms with Gasteiger partial charge in [0.1, 0.15) is 0 Å². The number of hydrogen-bond acceptors (Lipinski definition) is 4. The molecule has 19 heavy (non-hydrogen) atoms. The minimum absolute atomic E-state index is 0.726. The summed E-state index contributed by atoms with van der Waals surface area (Å²) in [5.41, 5.74) is 1.32. The van der Waals surface area contributed by atoms with E-state index in [9.17, 15) is 0 Å². The van der Waals surface area contributed by atoms with Crippen LogP contribution in [0.5, 0.6) is 0 Å². The molecular formula is C15H24N4. The molecule has 0 amide bonds. The molecule has 1 saturated heterocycles. The van der Waals surface area contributed by atoms with E-state index in [0.717, 1.165) is 37.4 Å². The van der Waals surface area contributed by atoms with Gasteiger partial charge in [0.05, 0.1) is 0 Å². The Hall–Kier alpha value is -1.16. The molecule has 4 nitrogen and oxygen atoms in total. The van der Waals surface area contributed by atoms with Gasteiger partial charge in [-0.05, 0) is 56.2 Å². The minimum atomic E-state index is 0.726. The van der Waals surface area contributed by atoms with E-state index in [1.165, 1.54) is 37.7 Å². The summed E-state index contributed by atoms with van der Waals surface area (Å²) in [6.07, 6.45) is 10.6. The van der Waals surface area contributed by atoms with Gasteiger partial charge in [-0.15, -0.1) is 0 Å². The molecular weight excluding hydrogens is 236 g/mol. The van der Waals surface area contributed by atoms with E-state index < -0.39 is 0 Å². The van der Waals surface area contributed by atoms with Crippen LogP contribution in [0.1, 0.15) is 43.6 Å². The molecule has 0 atom stereocenters. The van der Waals surface area contributed by atoms with E-state index in [0.29, 0.717) is 0 Å². The summed E-state index contributed by atoms with van der Waals surface area (Å²) < 4.78 is 0. The lowest BCUT2D eigenvalue weighted by Crippen LogP contribution is -2.35. The lowest BCUT2D eigenvalue weighted by Gasteiger charge is -2.28. The molecule has 0 bridgehead atoms. The molecule has 1 aromatic heterocycles. The van der Waals surface area contributed by atoms with E-state index >= 15 is 0 Å². The Morgan fingerprint density at radius 3 is 2.42 bits per heavy atom. The molecule has 0 unspecified atom stereocenters. The largest absolute Gasteiger partial charge is 0.344 e. The van der Waals surface area contributed by atoms with Gasteiger partial charge < -0.3 is 10.2 Å². The zero-order valence-electron chi connectivity index (χ0n) is 11.8. The van der Waals surface area contributed by atoms with Gasteiger partial charge in [0.15, 0.2) is 0 Å². The van der Waals surface area contributed by atoms with Crippen LogP contribution in [0.3, 0.4) is 0 Å². The van der Waals surface area contributed by atoms with Crippen molar-refractivity contribution in [2.45, 2.75) is 38.0 Å². The molecule has 1 aliphatic heterocycles. The number of anilines is 1. The number of hydrogen-bond donors (Lipinski definition) is 1. The highest BCUT2D eigenvalue weighted by molar-refractivity contribution is 5.29. The SMILES string of the molecule is CN(CC1CCNCC1)c1ncc(C2CCC2)cn1. The Morgan fingerprint density at radius 1 is 1.16 bits per heavy atom. The van der Waals surface area contributed by atoms with Crippen LogP contribution in [0.2, 0.25) is 0 Å². The maximum absolute atomic E-state index is 4.55. The van der Waals surface area contributed by atoms with Gasteiger partial charge >= 0.3 is 0 Å². The van der Waals surface area contributed by atoms with Crippen molar-refractivity contribution in [1.29, 1.82) is 0 Å². The average Bonchev–Trinajstić information content (AvgIpc) is 2.39. The Morgan fingerprint density at radius 2 is 1.84 bits per heavy atom. The molecule has 3 rings (SSSR count). The molecule has 0 radical (unpaired) electrons. The predicted octanol–water partition coefficient (Wildman–Crippen LogP) is 2.18. The second-order valence-electron chi connectivity index (χ2n) is 6.02.